The van der Waals surface area contributed by atoms with E-state index in [2.05, 4.69) is 10.4 Å². The van der Waals surface area contributed by atoms with Crippen molar-refractivity contribution in [3.05, 3.63) is 12.3 Å². The molecule has 7 nitrogen and oxygen atoms in total. The predicted molar refractivity (Wildman–Crippen MR) is 58.7 cm³/mol. The fourth-order valence-corrected chi connectivity index (χ4v) is 1.14. The Bertz CT molecular complexity index is 363. The van der Waals surface area contributed by atoms with Crippen LogP contribution >= 0.6 is 0 Å². The molecule has 0 atom stereocenters. The van der Waals surface area contributed by atoms with Gasteiger partial charge in [0, 0.05) is 19.7 Å². The van der Waals surface area contributed by atoms with Crippen LogP contribution in [0.15, 0.2) is 12.3 Å². The lowest BCUT2D eigenvalue weighted by Crippen LogP contribution is -2.35. The summed E-state index contributed by atoms with van der Waals surface area (Å²) in [5.41, 5.74) is 5.30. The van der Waals surface area contributed by atoms with Crippen LogP contribution in [0.4, 0.5) is 10.6 Å². The number of imide groups is 1. The summed E-state index contributed by atoms with van der Waals surface area (Å²) >= 11 is 0. The first-order chi connectivity index (χ1) is 7.69. The number of nitrogens with two attached hydrogens (primary N) is 1. The lowest BCUT2D eigenvalue weighted by molar-refractivity contribution is -0.115. The molecule has 1 aromatic rings. The average molecular weight is 225 g/mol. The molecule has 0 unspecified atom stereocenters. The smallest absolute Gasteiger partial charge is 0.329 e. The number of nitrogens with one attached hydrogen (secondary N) is 1. The molecule has 0 bridgehead atoms. The number of aryl methyl sites for hydroxylation is 1. The summed E-state index contributed by atoms with van der Waals surface area (Å²) in [6, 6.07) is 1.16. The number of hydrogen-bond donors (Lipinski definition) is 2. The van der Waals surface area contributed by atoms with Crippen LogP contribution < -0.4 is 11.1 Å². The van der Waals surface area contributed by atoms with E-state index in [9.17, 15) is 9.59 Å². The van der Waals surface area contributed by atoms with Crippen LogP contribution in [0, 0.1) is 0 Å². The van der Waals surface area contributed by atoms with Crippen molar-refractivity contribution in [3.8, 4) is 0 Å². The molecule has 0 fully saturated rings. The third-order valence-electron chi connectivity index (χ3n) is 2.05. The number of urea groups is 1. The third-order valence-corrected chi connectivity index (χ3v) is 2.05. The van der Waals surface area contributed by atoms with Crippen molar-refractivity contribution in [3.63, 3.8) is 0 Å². The molecule has 1 aromatic heterocycles. The molecule has 3 N–H and O–H groups in total. The van der Waals surface area contributed by atoms with Gasteiger partial charge in [-0.05, 0) is 13.0 Å². The van der Waals surface area contributed by atoms with Crippen molar-refractivity contribution >= 4 is 18.3 Å². The van der Waals surface area contributed by atoms with Gasteiger partial charge < -0.3 is 5.73 Å². The largest absolute Gasteiger partial charge is 0.330 e. The van der Waals surface area contributed by atoms with Gasteiger partial charge in [0.15, 0.2) is 0 Å². The summed E-state index contributed by atoms with van der Waals surface area (Å²) in [4.78, 5) is 23.3. The fraction of sp³-hybridized carbons (Fsp3) is 0.444. The van der Waals surface area contributed by atoms with Crippen molar-refractivity contribution in [2.45, 2.75) is 6.42 Å². The van der Waals surface area contributed by atoms with Crippen molar-refractivity contribution in [2.24, 2.45) is 12.8 Å². The molecule has 7 heteroatoms. The minimum Gasteiger partial charge on any atom is -0.330 e. The summed E-state index contributed by atoms with van der Waals surface area (Å²) in [5, 5.41) is 6.46. The molecule has 3 amide bonds. The zero-order chi connectivity index (χ0) is 12.0. The van der Waals surface area contributed by atoms with Crippen molar-refractivity contribution in [1.82, 2.24) is 14.7 Å². The number of carbonyl (C=O) groups excluding carboxylic acids is 2. The van der Waals surface area contributed by atoms with E-state index < -0.39 is 6.03 Å². The van der Waals surface area contributed by atoms with Gasteiger partial charge in [-0.15, -0.1) is 0 Å². The summed E-state index contributed by atoms with van der Waals surface area (Å²) < 4.78 is 1.50. The van der Waals surface area contributed by atoms with E-state index >= 15 is 0 Å². The Morgan fingerprint density at radius 2 is 2.50 bits per heavy atom. The molecule has 0 saturated carbocycles. The first kappa shape index (κ1) is 12.2. The number of carbonyl (C=O) groups is 2. The monoisotopic (exact) mass is 225 g/mol. The van der Waals surface area contributed by atoms with Crippen molar-refractivity contribution in [2.75, 3.05) is 18.4 Å². The van der Waals surface area contributed by atoms with Gasteiger partial charge in [-0.2, -0.15) is 5.10 Å². The maximum absolute atomic E-state index is 11.6. The van der Waals surface area contributed by atoms with Crippen LogP contribution in [0.3, 0.4) is 0 Å². The normalized spacial score (nSPS) is 9.88. The summed E-state index contributed by atoms with van der Waals surface area (Å²) in [5.74, 6) is 0.532. The molecule has 16 heavy (non-hydrogen) atoms. The Morgan fingerprint density at radius 3 is 3.00 bits per heavy atom. The molecule has 88 valence electrons. The van der Waals surface area contributed by atoms with Crippen LogP contribution in [-0.2, 0) is 11.8 Å². The topological polar surface area (TPSA) is 93.2 Å². The molecule has 0 aliphatic carbocycles. The zero-order valence-corrected chi connectivity index (χ0v) is 9.09. The van der Waals surface area contributed by atoms with Crippen LogP contribution in [0.25, 0.3) is 0 Å². The average Bonchev–Trinajstić information content (AvgIpc) is 2.65. The van der Waals surface area contributed by atoms with Crippen LogP contribution in [-0.4, -0.2) is 40.2 Å². The second-order valence-corrected chi connectivity index (χ2v) is 3.21. The van der Waals surface area contributed by atoms with Crippen LogP contribution in [0.5, 0.6) is 0 Å². The molecule has 0 radical (unpaired) electrons. The highest BCUT2D eigenvalue weighted by Gasteiger charge is 2.13. The number of amides is 3. The number of rotatable bonds is 5. The Balaban J connectivity index is 2.56. The lowest BCUT2D eigenvalue weighted by Gasteiger charge is -2.15. The highest BCUT2D eigenvalue weighted by atomic mass is 16.2. The number of hydrogen-bond acceptors (Lipinski definition) is 4. The van der Waals surface area contributed by atoms with Gasteiger partial charge in [-0.3, -0.25) is 19.7 Å². The maximum Gasteiger partial charge on any atom is 0.329 e. The third kappa shape index (κ3) is 3.06. The molecular weight excluding hydrogens is 210 g/mol. The molecular formula is C9H15N5O2. The summed E-state index contributed by atoms with van der Waals surface area (Å²) in [6.45, 7) is 0.743. The number of anilines is 1. The molecule has 0 aliphatic heterocycles. The number of nitrogens with zero attached hydrogens (tertiary/aromatic N) is 3. The Hall–Kier alpha value is -1.89. The lowest BCUT2D eigenvalue weighted by atomic mass is 10.4. The molecule has 0 aliphatic rings. The van der Waals surface area contributed by atoms with Gasteiger partial charge >= 0.3 is 6.03 Å². The van der Waals surface area contributed by atoms with Gasteiger partial charge in [0.05, 0.1) is 6.20 Å². The first-order valence-corrected chi connectivity index (χ1v) is 4.90. The van der Waals surface area contributed by atoms with Gasteiger partial charge in [0.25, 0.3) is 0 Å². The van der Waals surface area contributed by atoms with Gasteiger partial charge in [0.1, 0.15) is 5.82 Å². The molecule has 0 aromatic carbocycles. The summed E-state index contributed by atoms with van der Waals surface area (Å²) in [6.07, 6.45) is 2.62. The zero-order valence-electron chi connectivity index (χ0n) is 9.09. The van der Waals surface area contributed by atoms with E-state index in [-0.39, 0.29) is 0 Å². The second kappa shape index (κ2) is 5.86. The van der Waals surface area contributed by atoms with E-state index in [0.29, 0.717) is 31.7 Å². The van der Waals surface area contributed by atoms with Crippen LogP contribution in [0.2, 0.25) is 0 Å². The van der Waals surface area contributed by atoms with Crippen molar-refractivity contribution in [1.29, 1.82) is 0 Å². The Morgan fingerprint density at radius 1 is 1.75 bits per heavy atom. The predicted octanol–water partition coefficient (Wildman–Crippen LogP) is -0.241. The second-order valence-electron chi connectivity index (χ2n) is 3.21. The van der Waals surface area contributed by atoms with Gasteiger partial charge in [-0.1, -0.05) is 0 Å². The standard InChI is InChI=1S/C9H15N5O2/c1-13-8(3-5-11-13)12-9(16)14(7-15)6-2-4-10/h3,5,7H,2,4,6,10H2,1H3,(H,12,16). The van der Waals surface area contributed by atoms with Crippen LogP contribution in [0.1, 0.15) is 6.42 Å². The minimum atomic E-state index is -0.480. The van der Waals surface area contributed by atoms with Gasteiger partial charge in [-0.25, -0.2) is 4.79 Å². The van der Waals surface area contributed by atoms with E-state index in [4.69, 9.17) is 5.73 Å². The molecule has 0 saturated heterocycles. The van der Waals surface area contributed by atoms with E-state index in [0.717, 1.165) is 4.90 Å². The Labute approximate surface area is 93.2 Å². The molecule has 1 rings (SSSR count). The number of aromatic nitrogens is 2. The quantitative estimate of drug-likeness (QED) is 0.676. The fourth-order valence-electron chi connectivity index (χ4n) is 1.14. The highest BCUT2D eigenvalue weighted by Crippen LogP contribution is 2.04. The first-order valence-electron chi connectivity index (χ1n) is 4.90. The SMILES string of the molecule is Cn1nccc1NC(=O)N(C=O)CCCN. The van der Waals surface area contributed by atoms with E-state index in [1.807, 2.05) is 0 Å². The summed E-state index contributed by atoms with van der Waals surface area (Å²) in [7, 11) is 1.70. The van der Waals surface area contributed by atoms with Crippen molar-refractivity contribution < 1.29 is 9.59 Å². The van der Waals surface area contributed by atoms with E-state index in [1.165, 1.54) is 4.68 Å². The minimum absolute atomic E-state index is 0.309. The van der Waals surface area contributed by atoms with E-state index in [1.54, 1.807) is 19.3 Å². The Kier molecular flexibility index (Phi) is 4.46. The maximum atomic E-state index is 11.6. The van der Waals surface area contributed by atoms with Gasteiger partial charge in [0.2, 0.25) is 6.41 Å². The molecule has 1 heterocycles. The molecule has 0 spiro atoms. The highest BCUT2D eigenvalue weighted by molar-refractivity contribution is 5.94.